The average Bonchev–Trinajstić information content (AvgIpc) is 3.11. The molecule has 178 valence electrons. The zero-order chi connectivity index (χ0) is 24.9. The Kier molecular flexibility index (Phi) is 6.36. The molecule has 2 amide bonds. The fourth-order valence-corrected chi connectivity index (χ4v) is 5.59. The van der Waals surface area contributed by atoms with Crippen molar-refractivity contribution < 1.29 is 9.59 Å². The van der Waals surface area contributed by atoms with Crippen LogP contribution in [-0.2, 0) is 4.79 Å². The topological polar surface area (TPSA) is 86.9 Å². The summed E-state index contributed by atoms with van der Waals surface area (Å²) in [5.74, 6) is -2.11. The standard InChI is InChI=1S/C24H15Cl5N4O2/c25-12-5-11(6-13(26)7-12)20-21(24(20,28)29)23(35)32-14-1-2-17(27)16(8-14)22(34)33-15-9-19-18(31-10-15)3-4-30-19/h1-10,20-21,30H,(H,32,35)(H,33,34)/t20-,21+/m1/s1. The predicted octanol–water partition coefficient (Wildman–Crippen LogP) is 7.30. The summed E-state index contributed by atoms with van der Waals surface area (Å²) in [4.78, 5) is 33.2. The summed E-state index contributed by atoms with van der Waals surface area (Å²) < 4.78 is -1.33. The van der Waals surface area contributed by atoms with Crippen LogP contribution in [-0.4, -0.2) is 26.1 Å². The van der Waals surface area contributed by atoms with Crippen LogP contribution in [0.4, 0.5) is 11.4 Å². The number of pyridine rings is 1. The number of H-pyrrole nitrogens is 1. The highest BCUT2D eigenvalue weighted by Crippen LogP contribution is 2.65. The fourth-order valence-electron chi connectivity index (χ4n) is 4.02. The Morgan fingerprint density at radius 1 is 0.914 bits per heavy atom. The van der Waals surface area contributed by atoms with Crippen molar-refractivity contribution in [2.45, 2.75) is 10.3 Å². The smallest absolute Gasteiger partial charge is 0.257 e. The minimum absolute atomic E-state index is 0.174. The third kappa shape index (κ3) is 4.82. The molecule has 35 heavy (non-hydrogen) atoms. The zero-order valence-electron chi connectivity index (χ0n) is 17.6. The first-order valence-corrected chi connectivity index (χ1v) is 12.2. The molecule has 1 fully saturated rings. The number of carbonyl (C=O) groups is 2. The van der Waals surface area contributed by atoms with Crippen molar-refractivity contribution in [2.75, 3.05) is 10.6 Å². The molecule has 5 rings (SSSR count). The number of benzene rings is 2. The maximum atomic E-state index is 13.0. The van der Waals surface area contributed by atoms with Crippen molar-refractivity contribution in [1.82, 2.24) is 9.97 Å². The highest BCUT2D eigenvalue weighted by atomic mass is 35.5. The molecule has 2 aromatic carbocycles. The Morgan fingerprint density at radius 3 is 2.40 bits per heavy atom. The van der Waals surface area contributed by atoms with Crippen LogP contribution in [0.2, 0.25) is 15.1 Å². The van der Waals surface area contributed by atoms with E-state index in [2.05, 4.69) is 20.6 Å². The molecule has 2 atom stereocenters. The Hall–Kier alpha value is -2.48. The van der Waals surface area contributed by atoms with E-state index in [-0.39, 0.29) is 10.6 Å². The second kappa shape index (κ2) is 9.19. The first kappa shape index (κ1) is 24.2. The van der Waals surface area contributed by atoms with Crippen molar-refractivity contribution in [3.05, 3.63) is 87.1 Å². The number of halogens is 5. The van der Waals surface area contributed by atoms with E-state index in [1.165, 1.54) is 12.1 Å². The zero-order valence-corrected chi connectivity index (χ0v) is 21.4. The number of anilines is 2. The van der Waals surface area contributed by atoms with E-state index in [0.717, 1.165) is 11.0 Å². The Balaban J connectivity index is 1.33. The maximum Gasteiger partial charge on any atom is 0.257 e. The van der Waals surface area contributed by atoms with Gasteiger partial charge < -0.3 is 15.6 Å². The normalized spacial score (nSPS) is 18.3. The van der Waals surface area contributed by atoms with Crippen molar-refractivity contribution >= 4 is 92.2 Å². The van der Waals surface area contributed by atoms with Gasteiger partial charge in [-0.15, -0.1) is 23.2 Å². The van der Waals surface area contributed by atoms with Gasteiger partial charge in [-0.2, -0.15) is 0 Å². The summed E-state index contributed by atoms with van der Waals surface area (Å²) in [6.07, 6.45) is 3.30. The Bertz CT molecular complexity index is 1470. The van der Waals surface area contributed by atoms with Gasteiger partial charge in [-0.3, -0.25) is 14.6 Å². The van der Waals surface area contributed by atoms with Gasteiger partial charge >= 0.3 is 0 Å². The lowest BCUT2D eigenvalue weighted by Crippen LogP contribution is -2.18. The van der Waals surface area contributed by atoms with Gasteiger partial charge in [0.15, 0.2) is 0 Å². The average molecular weight is 569 g/mol. The summed E-state index contributed by atoms with van der Waals surface area (Å²) in [6, 6.07) is 13.1. The molecule has 0 spiro atoms. The highest BCUT2D eigenvalue weighted by Gasteiger charge is 2.67. The summed E-state index contributed by atoms with van der Waals surface area (Å²) in [5.41, 5.74) is 3.25. The molecule has 6 nitrogen and oxygen atoms in total. The van der Waals surface area contributed by atoms with Gasteiger partial charge in [-0.1, -0.05) is 34.8 Å². The van der Waals surface area contributed by atoms with Crippen LogP contribution >= 0.6 is 58.0 Å². The number of nitrogens with one attached hydrogen (secondary N) is 3. The van der Waals surface area contributed by atoms with Crippen LogP contribution in [0.15, 0.2) is 60.9 Å². The third-order valence-corrected chi connectivity index (χ3v) is 7.42. The maximum absolute atomic E-state index is 13.0. The second-order valence-corrected chi connectivity index (χ2v) is 10.8. The lowest BCUT2D eigenvalue weighted by molar-refractivity contribution is -0.117. The molecule has 1 saturated carbocycles. The minimum atomic E-state index is -1.33. The molecule has 0 radical (unpaired) electrons. The summed E-state index contributed by atoms with van der Waals surface area (Å²) >= 11 is 31.3. The Morgan fingerprint density at radius 2 is 1.66 bits per heavy atom. The van der Waals surface area contributed by atoms with E-state index in [1.807, 2.05) is 6.07 Å². The molecule has 0 aliphatic heterocycles. The fraction of sp³-hybridized carbons (Fsp3) is 0.125. The van der Waals surface area contributed by atoms with Gasteiger partial charge in [-0.25, -0.2) is 0 Å². The van der Waals surface area contributed by atoms with E-state index in [1.54, 1.807) is 42.7 Å². The molecule has 11 heteroatoms. The van der Waals surface area contributed by atoms with E-state index >= 15 is 0 Å². The molecule has 0 saturated heterocycles. The number of aromatic nitrogens is 2. The van der Waals surface area contributed by atoms with Crippen LogP contribution in [0, 0.1) is 5.92 Å². The van der Waals surface area contributed by atoms with Crippen LogP contribution in [0.25, 0.3) is 11.0 Å². The van der Waals surface area contributed by atoms with Gasteiger partial charge in [0.05, 0.1) is 39.4 Å². The quantitative estimate of drug-likeness (QED) is 0.221. The van der Waals surface area contributed by atoms with E-state index in [9.17, 15) is 9.59 Å². The number of fused-ring (bicyclic) bond motifs is 1. The summed E-state index contributed by atoms with van der Waals surface area (Å²) in [7, 11) is 0. The highest BCUT2D eigenvalue weighted by molar-refractivity contribution is 6.53. The minimum Gasteiger partial charge on any atom is -0.360 e. The number of aromatic amines is 1. The van der Waals surface area contributed by atoms with Crippen molar-refractivity contribution in [3.63, 3.8) is 0 Å². The van der Waals surface area contributed by atoms with E-state index in [0.29, 0.717) is 27.0 Å². The number of hydrogen-bond donors (Lipinski definition) is 3. The van der Waals surface area contributed by atoms with Crippen LogP contribution < -0.4 is 10.6 Å². The van der Waals surface area contributed by atoms with Gasteiger partial charge in [0.1, 0.15) is 4.33 Å². The molecule has 3 N–H and O–H groups in total. The molecule has 0 bridgehead atoms. The largest absolute Gasteiger partial charge is 0.360 e. The second-order valence-electron chi connectivity index (χ2n) is 8.11. The first-order chi connectivity index (χ1) is 16.6. The van der Waals surface area contributed by atoms with Gasteiger partial charge in [-0.05, 0) is 54.1 Å². The van der Waals surface area contributed by atoms with E-state index in [4.69, 9.17) is 58.0 Å². The molecule has 2 aromatic heterocycles. The molecule has 0 unspecified atom stereocenters. The van der Waals surface area contributed by atoms with Gasteiger partial charge in [0.25, 0.3) is 5.91 Å². The summed E-state index contributed by atoms with van der Waals surface area (Å²) in [5, 5.41) is 6.58. The number of rotatable bonds is 5. The number of nitrogens with zero attached hydrogens (tertiary/aromatic N) is 1. The van der Waals surface area contributed by atoms with Crippen molar-refractivity contribution in [2.24, 2.45) is 5.92 Å². The van der Waals surface area contributed by atoms with Crippen LogP contribution in [0.5, 0.6) is 0 Å². The molecule has 1 aliphatic carbocycles. The van der Waals surface area contributed by atoms with Crippen LogP contribution in [0.1, 0.15) is 21.8 Å². The number of alkyl halides is 2. The molecular weight excluding hydrogens is 554 g/mol. The third-order valence-electron chi connectivity index (χ3n) is 5.71. The number of hydrogen-bond acceptors (Lipinski definition) is 3. The summed E-state index contributed by atoms with van der Waals surface area (Å²) in [6.45, 7) is 0. The SMILES string of the molecule is O=C(Nc1cnc2cc[nH]c2c1)c1cc(NC(=O)[C@@H]2[C@@H](c3cc(Cl)cc(Cl)c3)C2(Cl)Cl)ccc1Cl. The lowest BCUT2D eigenvalue weighted by Gasteiger charge is -2.10. The molecular formula is C24H15Cl5N4O2. The first-order valence-electron chi connectivity index (χ1n) is 10.3. The van der Waals surface area contributed by atoms with Gasteiger partial charge in [0.2, 0.25) is 5.91 Å². The van der Waals surface area contributed by atoms with Crippen LogP contribution in [0.3, 0.4) is 0 Å². The Labute approximate surface area is 224 Å². The lowest BCUT2D eigenvalue weighted by atomic mass is 10.1. The van der Waals surface area contributed by atoms with Crippen molar-refractivity contribution in [1.29, 1.82) is 0 Å². The van der Waals surface area contributed by atoms with E-state index < -0.39 is 28.0 Å². The number of carbonyl (C=O) groups excluding carboxylic acids is 2. The monoisotopic (exact) mass is 566 g/mol. The molecule has 2 heterocycles. The molecule has 4 aromatic rings. The predicted molar refractivity (Wildman–Crippen MR) is 141 cm³/mol. The molecule has 1 aliphatic rings. The van der Waals surface area contributed by atoms with Gasteiger partial charge in [0, 0.05) is 27.8 Å². The van der Waals surface area contributed by atoms with Crippen molar-refractivity contribution in [3.8, 4) is 0 Å². The number of amides is 2.